The van der Waals surface area contributed by atoms with Gasteiger partial charge in [-0.15, -0.1) is 0 Å². The van der Waals surface area contributed by atoms with Gasteiger partial charge in [-0.2, -0.15) is 0 Å². The molecule has 0 bridgehead atoms. The summed E-state index contributed by atoms with van der Waals surface area (Å²) in [7, 11) is 0. The molecule has 3 aromatic rings. The molecule has 3 nitrogen and oxygen atoms in total. The largest absolute Gasteiger partial charge is 0.359 e. The fraction of sp³-hybridized carbons (Fsp3) is 0.0769. The highest BCUT2D eigenvalue weighted by Gasteiger charge is 2.01. The lowest BCUT2D eigenvalue weighted by Gasteiger charge is -2.00. The Morgan fingerprint density at radius 1 is 1.12 bits per heavy atom. The minimum absolute atomic E-state index is 0.820. The van der Waals surface area contributed by atoms with Crippen LogP contribution >= 0.6 is 11.8 Å². The van der Waals surface area contributed by atoms with Gasteiger partial charge in [0.2, 0.25) is 0 Å². The van der Waals surface area contributed by atoms with Gasteiger partial charge < -0.3 is 4.98 Å². The van der Waals surface area contributed by atoms with Crippen molar-refractivity contribution in [1.82, 2.24) is 15.0 Å². The average Bonchev–Trinajstić information content (AvgIpc) is 2.85. The minimum Gasteiger partial charge on any atom is -0.359 e. The first-order valence-electron chi connectivity index (χ1n) is 5.39. The van der Waals surface area contributed by atoms with Crippen molar-refractivity contribution >= 4 is 22.8 Å². The van der Waals surface area contributed by atoms with E-state index in [2.05, 4.69) is 27.1 Å². The summed E-state index contributed by atoms with van der Waals surface area (Å²) in [5.41, 5.74) is 3.24. The molecule has 1 aromatic carbocycles. The summed E-state index contributed by atoms with van der Waals surface area (Å²) in [5, 5.41) is 0.820. The van der Waals surface area contributed by atoms with E-state index >= 15 is 0 Å². The van der Waals surface area contributed by atoms with E-state index < -0.39 is 0 Å². The van der Waals surface area contributed by atoms with Crippen LogP contribution in [0.4, 0.5) is 0 Å². The molecule has 0 aliphatic carbocycles. The van der Waals surface area contributed by atoms with Crippen molar-refractivity contribution in [2.45, 2.75) is 10.9 Å². The number of aromatic amines is 1. The van der Waals surface area contributed by atoms with Crippen LogP contribution in [0.1, 0.15) is 5.56 Å². The molecule has 0 atom stereocenters. The maximum absolute atomic E-state index is 4.47. The van der Waals surface area contributed by atoms with Crippen LogP contribution in [0.2, 0.25) is 0 Å². The highest BCUT2D eigenvalue weighted by atomic mass is 32.2. The highest BCUT2D eigenvalue weighted by Crippen LogP contribution is 2.20. The lowest BCUT2D eigenvalue weighted by molar-refractivity contribution is 1.00. The van der Waals surface area contributed by atoms with E-state index in [0.717, 1.165) is 21.9 Å². The Morgan fingerprint density at radius 3 is 2.88 bits per heavy atom. The van der Waals surface area contributed by atoms with Gasteiger partial charge in [-0.25, -0.2) is 9.97 Å². The summed E-state index contributed by atoms with van der Waals surface area (Å²) in [6.45, 7) is 0. The lowest BCUT2D eigenvalue weighted by Crippen LogP contribution is -1.87. The fourth-order valence-corrected chi connectivity index (χ4v) is 2.40. The number of H-pyrrole nitrogens is 1. The highest BCUT2D eigenvalue weighted by molar-refractivity contribution is 7.98. The van der Waals surface area contributed by atoms with Gasteiger partial charge in [0.05, 0.1) is 17.2 Å². The number of benzene rings is 1. The molecular formula is C13H11N3S. The van der Waals surface area contributed by atoms with Gasteiger partial charge in [0, 0.05) is 11.9 Å². The molecule has 2 heterocycles. The normalized spacial score (nSPS) is 10.8. The van der Waals surface area contributed by atoms with Crippen LogP contribution in [0.15, 0.2) is 53.9 Å². The summed E-state index contributed by atoms with van der Waals surface area (Å²) in [6, 6.07) is 12.3. The monoisotopic (exact) mass is 241 g/mol. The smallest absolute Gasteiger partial charge is 0.188 e. The molecule has 0 aliphatic heterocycles. The van der Waals surface area contributed by atoms with Crippen molar-refractivity contribution < 1.29 is 0 Å². The van der Waals surface area contributed by atoms with Crippen LogP contribution in [0.25, 0.3) is 11.0 Å². The average molecular weight is 241 g/mol. The number of fused-ring (bicyclic) bond motifs is 1. The third-order valence-corrected chi connectivity index (χ3v) is 3.42. The van der Waals surface area contributed by atoms with Crippen molar-refractivity contribution in [3.05, 3.63) is 54.4 Å². The molecule has 84 valence electrons. The summed E-state index contributed by atoms with van der Waals surface area (Å²) in [5.74, 6) is 0.900. The topological polar surface area (TPSA) is 41.6 Å². The van der Waals surface area contributed by atoms with Crippen LogP contribution in [0.5, 0.6) is 0 Å². The fourth-order valence-electron chi connectivity index (χ4n) is 1.62. The van der Waals surface area contributed by atoms with E-state index in [9.17, 15) is 0 Å². The van der Waals surface area contributed by atoms with E-state index in [0.29, 0.717) is 0 Å². The second kappa shape index (κ2) is 4.59. The number of hydrogen-bond acceptors (Lipinski definition) is 3. The maximum Gasteiger partial charge on any atom is 0.188 e. The summed E-state index contributed by atoms with van der Waals surface area (Å²) in [6.07, 6.45) is 3.71. The zero-order valence-electron chi connectivity index (χ0n) is 9.13. The van der Waals surface area contributed by atoms with Gasteiger partial charge >= 0.3 is 0 Å². The molecule has 3 rings (SSSR count). The van der Waals surface area contributed by atoms with Crippen LogP contribution < -0.4 is 0 Å². The summed E-state index contributed by atoms with van der Waals surface area (Å²) in [4.78, 5) is 11.9. The van der Waals surface area contributed by atoms with Crippen molar-refractivity contribution in [2.24, 2.45) is 0 Å². The number of nitrogens with one attached hydrogen (secondary N) is 1. The van der Waals surface area contributed by atoms with Crippen molar-refractivity contribution in [2.75, 3.05) is 0 Å². The van der Waals surface area contributed by atoms with E-state index in [-0.39, 0.29) is 0 Å². The Morgan fingerprint density at radius 2 is 2.00 bits per heavy atom. The van der Waals surface area contributed by atoms with Gasteiger partial charge in [0.1, 0.15) is 0 Å². The van der Waals surface area contributed by atoms with Gasteiger partial charge in [-0.3, -0.25) is 0 Å². The Kier molecular flexibility index (Phi) is 2.80. The first-order chi connectivity index (χ1) is 8.42. The molecule has 0 aliphatic rings. The van der Waals surface area contributed by atoms with Crippen molar-refractivity contribution in [3.8, 4) is 0 Å². The first kappa shape index (κ1) is 10.4. The predicted octanol–water partition coefficient (Wildman–Crippen LogP) is 3.25. The number of nitrogens with zero attached hydrogens (tertiary/aromatic N) is 2. The molecule has 0 radical (unpaired) electrons. The molecule has 0 saturated carbocycles. The number of rotatable bonds is 3. The molecule has 0 amide bonds. The minimum atomic E-state index is 0.820. The Labute approximate surface area is 103 Å². The molecule has 2 aromatic heterocycles. The van der Waals surface area contributed by atoms with Crippen molar-refractivity contribution in [1.29, 1.82) is 0 Å². The summed E-state index contributed by atoms with van der Waals surface area (Å²) >= 11 is 1.66. The quantitative estimate of drug-likeness (QED) is 0.565. The van der Waals surface area contributed by atoms with E-state index in [1.54, 1.807) is 11.8 Å². The summed E-state index contributed by atoms with van der Waals surface area (Å²) < 4.78 is 0. The molecule has 0 fully saturated rings. The van der Waals surface area contributed by atoms with Gasteiger partial charge in [-0.1, -0.05) is 42.1 Å². The number of thioether (sulfide) groups is 1. The van der Waals surface area contributed by atoms with Crippen LogP contribution in [-0.4, -0.2) is 15.0 Å². The van der Waals surface area contributed by atoms with Crippen LogP contribution in [0, 0.1) is 0 Å². The molecule has 17 heavy (non-hydrogen) atoms. The van der Waals surface area contributed by atoms with E-state index in [4.69, 9.17) is 0 Å². The lowest BCUT2D eigenvalue weighted by atomic mass is 10.2. The van der Waals surface area contributed by atoms with E-state index in [1.165, 1.54) is 5.56 Å². The SMILES string of the molecule is c1ccc(CSc2ncc3[nH]ccc3n2)cc1. The third kappa shape index (κ3) is 2.31. The van der Waals surface area contributed by atoms with Gasteiger partial charge in [0.25, 0.3) is 0 Å². The number of aromatic nitrogens is 3. The molecule has 0 spiro atoms. The second-order valence-electron chi connectivity index (χ2n) is 3.70. The standard InChI is InChI=1S/C13H11N3S/c1-2-4-10(5-3-1)9-17-13-15-8-12-11(16-13)6-7-14-12/h1-8,14H,9H2. The third-order valence-electron chi connectivity index (χ3n) is 2.49. The van der Waals surface area contributed by atoms with Crippen LogP contribution in [-0.2, 0) is 5.75 Å². The Balaban J connectivity index is 1.76. The molecular weight excluding hydrogens is 230 g/mol. The van der Waals surface area contributed by atoms with Crippen molar-refractivity contribution in [3.63, 3.8) is 0 Å². The molecule has 4 heteroatoms. The molecule has 0 unspecified atom stereocenters. The van der Waals surface area contributed by atoms with Crippen LogP contribution in [0.3, 0.4) is 0 Å². The molecule has 1 N–H and O–H groups in total. The Bertz CT molecular complexity index is 619. The van der Waals surface area contributed by atoms with Gasteiger partial charge in [-0.05, 0) is 11.6 Å². The maximum atomic E-state index is 4.47. The predicted molar refractivity (Wildman–Crippen MR) is 69.9 cm³/mol. The number of hydrogen-bond donors (Lipinski definition) is 1. The second-order valence-corrected chi connectivity index (χ2v) is 4.65. The zero-order chi connectivity index (χ0) is 11.5. The Hall–Kier alpha value is -1.81. The van der Waals surface area contributed by atoms with E-state index in [1.807, 2.05) is 36.7 Å². The molecule has 0 saturated heterocycles. The van der Waals surface area contributed by atoms with Gasteiger partial charge in [0.15, 0.2) is 5.16 Å². The first-order valence-corrected chi connectivity index (χ1v) is 6.37. The zero-order valence-corrected chi connectivity index (χ0v) is 9.95.